The third-order valence-electron chi connectivity index (χ3n) is 3.15. The molecule has 0 fully saturated rings. The molecule has 1 heterocycles. The van der Waals surface area contributed by atoms with E-state index in [4.69, 9.17) is 0 Å². The van der Waals surface area contributed by atoms with E-state index in [1.165, 1.54) is 9.75 Å². The molecular formula is C16H21NOS. The van der Waals surface area contributed by atoms with Gasteiger partial charge in [0.25, 0.3) is 0 Å². The zero-order chi connectivity index (χ0) is 13.7. The van der Waals surface area contributed by atoms with Gasteiger partial charge in [0.15, 0.2) is 0 Å². The van der Waals surface area contributed by atoms with Crippen LogP contribution >= 0.6 is 11.3 Å². The summed E-state index contributed by atoms with van der Waals surface area (Å²) in [4.78, 5) is 2.75. The van der Waals surface area contributed by atoms with E-state index >= 15 is 0 Å². The fourth-order valence-corrected chi connectivity index (χ4v) is 3.09. The fourth-order valence-electron chi connectivity index (χ4n) is 2.07. The Hall–Kier alpha value is -1.16. The van der Waals surface area contributed by atoms with Crippen LogP contribution in [0.4, 0.5) is 0 Å². The number of hydrogen-bond donors (Lipinski definition) is 2. The number of aliphatic hydroxyl groups is 1. The topological polar surface area (TPSA) is 32.3 Å². The number of hydrogen-bond acceptors (Lipinski definition) is 3. The van der Waals surface area contributed by atoms with Crippen LogP contribution in [0.5, 0.6) is 0 Å². The van der Waals surface area contributed by atoms with Gasteiger partial charge in [-0.3, -0.25) is 0 Å². The normalized spacial score (nSPS) is 14.3. The van der Waals surface area contributed by atoms with Crippen LogP contribution in [0.25, 0.3) is 0 Å². The van der Waals surface area contributed by atoms with E-state index in [9.17, 15) is 5.11 Å². The maximum Gasteiger partial charge on any atom is 0.0914 e. The van der Waals surface area contributed by atoms with Crippen LogP contribution in [0.15, 0.2) is 42.5 Å². The second kappa shape index (κ2) is 6.85. The van der Waals surface area contributed by atoms with Gasteiger partial charge in [-0.15, -0.1) is 11.3 Å². The Kier molecular flexibility index (Phi) is 5.14. The second-order valence-corrected chi connectivity index (χ2v) is 6.32. The molecule has 2 unspecified atom stereocenters. The molecule has 1 aromatic carbocycles. The van der Waals surface area contributed by atoms with Gasteiger partial charge in [-0.05, 0) is 38.0 Å². The molecule has 0 spiro atoms. The molecule has 0 saturated heterocycles. The summed E-state index contributed by atoms with van der Waals surface area (Å²) in [5.41, 5.74) is 0.967. The van der Waals surface area contributed by atoms with Gasteiger partial charge in [0.2, 0.25) is 0 Å². The van der Waals surface area contributed by atoms with Crippen molar-refractivity contribution < 1.29 is 5.11 Å². The maximum atomic E-state index is 10.1. The second-order valence-electron chi connectivity index (χ2n) is 4.95. The molecule has 102 valence electrons. The number of aryl methyl sites for hydroxylation is 1. The minimum absolute atomic E-state index is 0.372. The van der Waals surface area contributed by atoms with E-state index in [-0.39, 0.29) is 0 Å². The number of benzene rings is 1. The van der Waals surface area contributed by atoms with Gasteiger partial charge in [0.1, 0.15) is 0 Å². The molecule has 3 heteroatoms. The van der Waals surface area contributed by atoms with Gasteiger partial charge in [0.05, 0.1) is 6.10 Å². The highest BCUT2D eigenvalue weighted by molar-refractivity contribution is 7.11. The average Bonchev–Trinajstić information content (AvgIpc) is 2.82. The van der Waals surface area contributed by atoms with E-state index in [2.05, 4.69) is 31.3 Å². The molecule has 0 aliphatic rings. The van der Waals surface area contributed by atoms with E-state index < -0.39 is 6.10 Å². The smallest absolute Gasteiger partial charge is 0.0914 e. The average molecular weight is 275 g/mol. The number of rotatable bonds is 6. The van der Waals surface area contributed by atoms with Crippen molar-refractivity contribution in [3.63, 3.8) is 0 Å². The molecule has 2 rings (SSSR count). The van der Waals surface area contributed by atoms with Crippen LogP contribution < -0.4 is 5.32 Å². The zero-order valence-corrected chi connectivity index (χ0v) is 12.3. The van der Waals surface area contributed by atoms with E-state index in [1.807, 2.05) is 41.7 Å². The highest BCUT2D eigenvalue weighted by atomic mass is 32.1. The van der Waals surface area contributed by atoms with E-state index in [0.29, 0.717) is 12.6 Å². The summed E-state index contributed by atoms with van der Waals surface area (Å²) in [6, 6.07) is 14.5. The van der Waals surface area contributed by atoms with Crippen molar-refractivity contribution in [3.8, 4) is 0 Å². The third-order valence-corrected chi connectivity index (χ3v) is 4.17. The lowest BCUT2D eigenvalue weighted by molar-refractivity contribution is 0.170. The van der Waals surface area contributed by atoms with Crippen molar-refractivity contribution in [1.29, 1.82) is 0 Å². The van der Waals surface area contributed by atoms with Gasteiger partial charge in [0, 0.05) is 22.3 Å². The molecule has 2 aromatic rings. The highest BCUT2D eigenvalue weighted by Gasteiger charge is 2.10. The lowest BCUT2D eigenvalue weighted by atomic mass is 10.1. The van der Waals surface area contributed by atoms with Gasteiger partial charge >= 0.3 is 0 Å². The lowest BCUT2D eigenvalue weighted by Gasteiger charge is -2.17. The van der Waals surface area contributed by atoms with Gasteiger partial charge in [-0.25, -0.2) is 0 Å². The van der Waals surface area contributed by atoms with Crippen LogP contribution in [0, 0.1) is 6.92 Å². The van der Waals surface area contributed by atoms with Gasteiger partial charge < -0.3 is 10.4 Å². The minimum Gasteiger partial charge on any atom is -0.387 e. The summed E-state index contributed by atoms with van der Waals surface area (Å²) in [7, 11) is 0. The molecule has 1 aromatic heterocycles. The Morgan fingerprint density at radius 2 is 1.89 bits per heavy atom. The number of nitrogens with one attached hydrogen (secondary N) is 1. The standard InChI is InChI=1S/C16H21NOS/c1-12(10-15-9-8-13(2)19-15)17-11-16(18)14-6-4-3-5-7-14/h3-9,12,16-18H,10-11H2,1-2H3. The van der Waals surface area contributed by atoms with Crippen LogP contribution in [-0.2, 0) is 6.42 Å². The van der Waals surface area contributed by atoms with Crippen molar-refractivity contribution in [2.45, 2.75) is 32.4 Å². The van der Waals surface area contributed by atoms with Gasteiger partial charge in [-0.2, -0.15) is 0 Å². The SMILES string of the molecule is Cc1ccc(CC(C)NCC(O)c2ccccc2)s1. The van der Waals surface area contributed by atoms with Crippen molar-refractivity contribution in [1.82, 2.24) is 5.32 Å². The maximum absolute atomic E-state index is 10.1. The first-order chi connectivity index (χ1) is 9.15. The molecule has 2 atom stereocenters. The minimum atomic E-state index is -0.436. The summed E-state index contributed by atoms with van der Waals surface area (Å²) in [6.07, 6.45) is 0.578. The van der Waals surface area contributed by atoms with Crippen LogP contribution in [0.3, 0.4) is 0 Å². The predicted octanol–water partition coefficient (Wildman–Crippen LogP) is 3.31. The molecule has 0 aliphatic carbocycles. The zero-order valence-electron chi connectivity index (χ0n) is 11.5. The molecule has 0 amide bonds. The van der Waals surface area contributed by atoms with E-state index in [0.717, 1.165) is 12.0 Å². The predicted molar refractivity (Wildman–Crippen MR) is 81.6 cm³/mol. The molecule has 0 saturated carbocycles. The van der Waals surface area contributed by atoms with Crippen molar-refractivity contribution in [2.75, 3.05) is 6.54 Å². The van der Waals surface area contributed by atoms with Crippen LogP contribution in [-0.4, -0.2) is 17.7 Å². The molecule has 0 bridgehead atoms. The first-order valence-corrected chi connectivity index (χ1v) is 7.48. The monoisotopic (exact) mass is 275 g/mol. The molecule has 0 aliphatic heterocycles. The Balaban J connectivity index is 1.79. The Bertz CT molecular complexity index is 494. The summed E-state index contributed by atoms with van der Waals surface area (Å²) in [6.45, 7) is 4.88. The Morgan fingerprint density at radius 1 is 1.16 bits per heavy atom. The van der Waals surface area contributed by atoms with Crippen molar-refractivity contribution in [3.05, 3.63) is 57.8 Å². The van der Waals surface area contributed by atoms with Crippen LogP contribution in [0.2, 0.25) is 0 Å². The summed E-state index contributed by atoms with van der Waals surface area (Å²) in [5.74, 6) is 0. The Labute approximate surface area is 119 Å². The molecule has 2 nitrogen and oxygen atoms in total. The summed E-state index contributed by atoms with van der Waals surface area (Å²) < 4.78 is 0. The third kappa shape index (κ3) is 4.46. The van der Waals surface area contributed by atoms with Crippen molar-refractivity contribution in [2.24, 2.45) is 0 Å². The highest BCUT2D eigenvalue weighted by Crippen LogP contribution is 2.17. The number of aliphatic hydroxyl groups excluding tert-OH is 1. The largest absolute Gasteiger partial charge is 0.387 e. The Morgan fingerprint density at radius 3 is 2.53 bits per heavy atom. The van der Waals surface area contributed by atoms with E-state index in [1.54, 1.807) is 0 Å². The molecule has 2 N–H and O–H groups in total. The quantitative estimate of drug-likeness (QED) is 0.847. The lowest BCUT2D eigenvalue weighted by Crippen LogP contribution is -2.31. The molecular weight excluding hydrogens is 254 g/mol. The summed E-state index contributed by atoms with van der Waals surface area (Å²) in [5, 5.41) is 13.5. The molecule has 19 heavy (non-hydrogen) atoms. The first-order valence-electron chi connectivity index (χ1n) is 6.67. The fraction of sp³-hybridized carbons (Fsp3) is 0.375. The van der Waals surface area contributed by atoms with Crippen molar-refractivity contribution >= 4 is 11.3 Å². The molecule has 0 radical (unpaired) electrons. The van der Waals surface area contributed by atoms with Crippen LogP contribution in [0.1, 0.15) is 28.3 Å². The summed E-state index contributed by atoms with van der Waals surface area (Å²) >= 11 is 1.84. The first kappa shape index (κ1) is 14.3. The van der Waals surface area contributed by atoms with Gasteiger partial charge in [-0.1, -0.05) is 30.3 Å². The number of thiophene rings is 1.